The largest absolute Gasteiger partial charge is 0.497 e. The van der Waals surface area contributed by atoms with Gasteiger partial charge in [-0.1, -0.05) is 19.8 Å². The van der Waals surface area contributed by atoms with Gasteiger partial charge in [0, 0.05) is 11.8 Å². The highest BCUT2D eigenvalue weighted by molar-refractivity contribution is 8.00. The lowest BCUT2D eigenvalue weighted by Gasteiger charge is -2.30. The number of methoxy groups -OCH3 is 1. The molecule has 0 radical (unpaired) electrons. The van der Waals surface area contributed by atoms with Gasteiger partial charge in [-0.25, -0.2) is 0 Å². The van der Waals surface area contributed by atoms with Crippen molar-refractivity contribution in [3.63, 3.8) is 0 Å². The van der Waals surface area contributed by atoms with Crippen molar-refractivity contribution in [2.75, 3.05) is 19.5 Å². The fourth-order valence-corrected chi connectivity index (χ4v) is 3.72. The van der Waals surface area contributed by atoms with Gasteiger partial charge in [-0.15, -0.1) is 11.8 Å². The minimum absolute atomic E-state index is 0.0430. The normalized spacial score (nSPS) is 21.8. The second-order valence-corrected chi connectivity index (χ2v) is 7.86. The topological polar surface area (TPSA) is 47.6 Å². The molecule has 5 heteroatoms. The minimum Gasteiger partial charge on any atom is -0.497 e. The molecule has 1 aromatic rings. The number of thioether (sulfide) groups is 1. The van der Waals surface area contributed by atoms with E-state index in [4.69, 9.17) is 9.47 Å². The fourth-order valence-electron chi connectivity index (χ4n) is 2.96. The molecular formula is C19H29NO3S. The number of benzene rings is 1. The van der Waals surface area contributed by atoms with Gasteiger partial charge in [-0.3, -0.25) is 4.79 Å². The Kier molecular flexibility index (Phi) is 7.76. The number of ether oxygens (including phenoxy) is 2. The summed E-state index contributed by atoms with van der Waals surface area (Å²) in [6.45, 7) is 4.81. The van der Waals surface area contributed by atoms with Gasteiger partial charge in [0.25, 0.3) is 0 Å². The van der Waals surface area contributed by atoms with Crippen LogP contribution in [-0.2, 0) is 4.79 Å². The standard InChI is InChI=1S/C19H29NO3S/c1-14-6-4-5-7-18(14)20-19(21)15(2)24-13-12-23-17-10-8-16(22-3)9-11-17/h8-11,14-15,18H,4-7,12-13H2,1-3H3,(H,20,21). The first-order chi connectivity index (χ1) is 11.6. The van der Waals surface area contributed by atoms with Crippen molar-refractivity contribution in [3.05, 3.63) is 24.3 Å². The van der Waals surface area contributed by atoms with E-state index in [2.05, 4.69) is 12.2 Å². The number of carbonyl (C=O) groups excluding carboxylic acids is 1. The second kappa shape index (κ2) is 9.82. The van der Waals surface area contributed by atoms with Gasteiger partial charge in [0.2, 0.25) is 5.91 Å². The molecule has 3 unspecified atom stereocenters. The SMILES string of the molecule is COc1ccc(OCCSC(C)C(=O)NC2CCCCC2C)cc1. The number of nitrogens with one attached hydrogen (secondary N) is 1. The lowest BCUT2D eigenvalue weighted by atomic mass is 9.86. The van der Waals surface area contributed by atoms with E-state index >= 15 is 0 Å². The number of rotatable bonds is 8. The van der Waals surface area contributed by atoms with Crippen LogP contribution in [0.15, 0.2) is 24.3 Å². The van der Waals surface area contributed by atoms with Crippen molar-refractivity contribution < 1.29 is 14.3 Å². The van der Waals surface area contributed by atoms with Gasteiger partial charge in [-0.2, -0.15) is 0 Å². The van der Waals surface area contributed by atoms with Gasteiger partial charge in [0.1, 0.15) is 11.5 Å². The number of carbonyl (C=O) groups is 1. The third-order valence-corrected chi connectivity index (χ3v) is 5.70. The quantitative estimate of drug-likeness (QED) is 0.722. The third-order valence-electron chi connectivity index (χ3n) is 4.59. The van der Waals surface area contributed by atoms with Crippen LogP contribution in [0.25, 0.3) is 0 Å². The van der Waals surface area contributed by atoms with Crippen LogP contribution in [0.2, 0.25) is 0 Å². The molecule has 0 bridgehead atoms. The first-order valence-electron chi connectivity index (χ1n) is 8.79. The highest BCUT2D eigenvalue weighted by Crippen LogP contribution is 2.24. The highest BCUT2D eigenvalue weighted by Gasteiger charge is 2.24. The molecular weight excluding hydrogens is 322 g/mol. The average molecular weight is 352 g/mol. The summed E-state index contributed by atoms with van der Waals surface area (Å²) in [6, 6.07) is 7.90. The molecule has 0 saturated heterocycles. The summed E-state index contributed by atoms with van der Waals surface area (Å²) in [5.74, 6) is 3.19. The molecule has 1 aliphatic carbocycles. The molecule has 24 heavy (non-hydrogen) atoms. The average Bonchev–Trinajstić information content (AvgIpc) is 2.61. The van der Waals surface area contributed by atoms with Gasteiger partial charge in [0.15, 0.2) is 0 Å². The first-order valence-corrected chi connectivity index (χ1v) is 9.84. The molecule has 134 valence electrons. The lowest BCUT2D eigenvalue weighted by Crippen LogP contribution is -2.44. The zero-order valence-electron chi connectivity index (χ0n) is 14.9. The maximum Gasteiger partial charge on any atom is 0.233 e. The van der Waals surface area contributed by atoms with E-state index < -0.39 is 0 Å². The zero-order chi connectivity index (χ0) is 17.4. The monoisotopic (exact) mass is 351 g/mol. The van der Waals surface area contributed by atoms with Crippen LogP contribution in [0, 0.1) is 5.92 Å². The van der Waals surface area contributed by atoms with E-state index in [0.29, 0.717) is 18.6 Å². The van der Waals surface area contributed by atoms with E-state index in [0.717, 1.165) is 23.7 Å². The number of amides is 1. The van der Waals surface area contributed by atoms with E-state index in [1.165, 1.54) is 19.3 Å². The first kappa shape index (κ1) is 19.0. The molecule has 0 aliphatic heterocycles. The lowest BCUT2D eigenvalue weighted by molar-refractivity contribution is -0.121. The molecule has 1 aromatic carbocycles. The van der Waals surface area contributed by atoms with Crippen molar-refractivity contribution in [2.24, 2.45) is 5.92 Å². The summed E-state index contributed by atoms with van der Waals surface area (Å²) in [5, 5.41) is 3.18. The Bertz CT molecular complexity index is 506. The van der Waals surface area contributed by atoms with Crippen LogP contribution >= 0.6 is 11.8 Å². The summed E-state index contributed by atoms with van der Waals surface area (Å²) >= 11 is 1.64. The zero-order valence-corrected chi connectivity index (χ0v) is 15.7. The van der Waals surface area contributed by atoms with Crippen LogP contribution in [0.3, 0.4) is 0 Å². The summed E-state index contributed by atoms with van der Waals surface area (Å²) in [4.78, 5) is 12.3. The van der Waals surface area contributed by atoms with Crippen molar-refractivity contribution in [3.8, 4) is 11.5 Å². The number of hydrogen-bond donors (Lipinski definition) is 1. The molecule has 1 N–H and O–H groups in total. The highest BCUT2D eigenvalue weighted by atomic mass is 32.2. The van der Waals surface area contributed by atoms with Crippen molar-refractivity contribution in [1.82, 2.24) is 5.32 Å². The Morgan fingerprint density at radius 3 is 2.58 bits per heavy atom. The summed E-state index contributed by atoms with van der Waals surface area (Å²) in [5.41, 5.74) is 0. The molecule has 1 fully saturated rings. The van der Waals surface area contributed by atoms with E-state index in [-0.39, 0.29) is 11.2 Å². The van der Waals surface area contributed by atoms with Crippen LogP contribution in [-0.4, -0.2) is 36.7 Å². The molecule has 2 rings (SSSR count). The van der Waals surface area contributed by atoms with Crippen molar-refractivity contribution >= 4 is 17.7 Å². The van der Waals surface area contributed by atoms with Crippen LogP contribution in [0.1, 0.15) is 39.5 Å². The molecule has 1 saturated carbocycles. The Hall–Kier alpha value is -1.36. The van der Waals surface area contributed by atoms with Gasteiger partial charge < -0.3 is 14.8 Å². The van der Waals surface area contributed by atoms with E-state index in [9.17, 15) is 4.79 Å². The van der Waals surface area contributed by atoms with Crippen LogP contribution in [0.5, 0.6) is 11.5 Å². The van der Waals surface area contributed by atoms with Crippen molar-refractivity contribution in [2.45, 2.75) is 50.8 Å². The molecule has 3 atom stereocenters. The predicted molar refractivity (Wildman–Crippen MR) is 100.0 cm³/mol. The Morgan fingerprint density at radius 1 is 1.25 bits per heavy atom. The molecule has 1 aliphatic rings. The molecule has 1 amide bonds. The van der Waals surface area contributed by atoms with Gasteiger partial charge in [0.05, 0.1) is 19.0 Å². The fraction of sp³-hybridized carbons (Fsp3) is 0.632. The number of hydrogen-bond acceptors (Lipinski definition) is 4. The molecule has 0 aromatic heterocycles. The second-order valence-electron chi connectivity index (χ2n) is 6.41. The van der Waals surface area contributed by atoms with E-state index in [1.54, 1.807) is 18.9 Å². The molecule has 4 nitrogen and oxygen atoms in total. The maximum absolute atomic E-state index is 12.3. The third kappa shape index (κ3) is 5.93. The van der Waals surface area contributed by atoms with Gasteiger partial charge >= 0.3 is 0 Å². The minimum atomic E-state index is -0.0430. The van der Waals surface area contributed by atoms with Crippen LogP contribution in [0.4, 0.5) is 0 Å². The Balaban J connectivity index is 1.64. The predicted octanol–water partition coefficient (Wildman–Crippen LogP) is 3.89. The van der Waals surface area contributed by atoms with Gasteiger partial charge in [-0.05, 0) is 49.9 Å². The Labute approximate surface area is 149 Å². The molecule has 0 heterocycles. The van der Waals surface area contributed by atoms with Crippen LogP contribution < -0.4 is 14.8 Å². The summed E-state index contributed by atoms with van der Waals surface area (Å²) in [7, 11) is 1.65. The summed E-state index contributed by atoms with van der Waals surface area (Å²) in [6.07, 6.45) is 4.86. The maximum atomic E-state index is 12.3. The summed E-state index contributed by atoms with van der Waals surface area (Å²) < 4.78 is 10.8. The van der Waals surface area contributed by atoms with Crippen molar-refractivity contribution in [1.29, 1.82) is 0 Å². The Morgan fingerprint density at radius 2 is 1.92 bits per heavy atom. The molecule has 0 spiro atoms. The van der Waals surface area contributed by atoms with E-state index in [1.807, 2.05) is 31.2 Å². The smallest absolute Gasteiger partial charge is 0.233 e.